The van der Waals surface area contributed by atoms with Crippen molar-refractivity contribution in [2.75, 3.05) is 0 Å². The van der Waals surface area contributed by atoms with Crippen LogP contribution in [0.5, 0.6) is 0 Å². The highest BCUT2D eigenvalue weighted by Crippen LogP contribution is 2.37. The minimum absolute atomic E-state index is 0.0763. The molecule has 2 rings (SSSR count). The summed E-state index contributed by atoms with van der Waals surface area (Å²) >= 11 is 6.06. The molecule has 2 heterocycles. The van der Waals surface area contributed by atoms with Crippen molar-refractivity contribution in [1.29, 1.82) is 0 Å². The fourth-order valence-electron chi connectivity index (χ4n) is 2.08. The average molecular weight is 258 g/mol. The largest absolute Gasteiger partial charge is 0.370 e. The van der Waals surface area contributed by atoms with Crippen molar-refractivity contribution in [2.24, 2.45) is 32.2 Å². The molecule has 0 spiro atoms. The Morgan fingerprint density at radius 3 is 2.71 bits per heavy atom. The predicted octanol–water partition coefficient (Wildman–Crippen LogP) is -0.589. The lowest BCUT2D eigenvalue weighted by Gasteiger charge is -2.39. The normalized spacial score (nSPS) is 35.6. The van der Waals surface area contributed by atoms with E-state index in [1.54, 1.807) is 0 Å². The van der Waals surface area contributed by atoms with Gasteiger partial charge >= 0.3 is 0 Å². The van der Waals surface area contributed by atoms with Crippen molar-refractivity contribution < 1.29 is 0 Å². The maximum Gasteiger partial charge on any atom is 0.219 e. The summed E-state index contributed by atoms with van der Waals surface area (Å²) in [6, 6.07) is 0. The maximum absolute atomic E-state index is 6.21. The number of hydrogen-bond donors (Lipinski definition) is 4. The van der Waals surface area contributed by atoms with Crippen LogP contribution in [-0.4, -0.2) is 28.4 Å². The first-order chi connectivity index (χ1) is 7.93. The summed E-state index contributed by atoms with van der Waals surface area (Å²) in [5.41, 5.74) is 15.4. The molecule has 0 amide bonds. The molecule has 7 N–H and O–H groups in total. The van der Waals surface area contributed by atoms with Crippen LogP contribution in [0.2, 0.25) is 0 Å². The zero-order valence-corrected chi connectivity index (χ0v) is 10.3. The number of hydrogen-bond acceptors (Lipinski definition) is 7. The molecular formula is C9H16ClN7. The molecule has 0 bridgehead atoms. The summed E-state index contributed by atoms with van der Waals surface area (Å²) in [5, 5.41) is 2.96. The van der Waals surface area contributed by atoms with Gasteiger partial charge in [0.25, 0.3) is 0 Å². The number of unbranched alkanes of at least 4 members (excludes halogenated alkanes) is 1. The number of fused-ring (bicyclic) bond motifs is 1. The number of nitrogens with one attached hydrogen (secondary N) is 1. The molecule has 2 aliphatic rings. The van der Waals surface area contributed by atoms with Gasteiger partial charge in [-0.05, 0) is 12.8 Å². The standard InChI is InChI=1S/C9H16ClN7/c1-2-3-4-8-9(13,17-7(12)16-8)5(10)14-6(11)15-8/h2-4,13H2,1H3,(H2,11,15)(H3,12,16,17). The van der Waals surface area contributed by atoms with Crippen LogP contribution in [0.1, 0.15) is 26.2 Å². The molecule has 0 fully saturated rings. The molecule has 0 saturated carbocycles. The van der Waals surface area contributed by atoms with Gasteiger partial charge in [-0.1, -0.05) is 24.9 Å². The van der Waals surface area contributed by atoms with Crippen molar-refractivity contribution in [3.63, 3.8) is 0 Å². The third-order valence-corrected chi connectivity index (χ3v) is 3.36. The molecule has 2 aliphatic heterocycles. The van der Waals surface area contributed by atoms with E-state index in [1.165, 1.54) is 0 Å². The van der Waals surface area contributed by atoms with E-state index in [1.807, 2.05) is 0 Å². The quantitative estimate of drug-likeness (QED) is 0.539. The number of rotatable bonds is 3. The van der Waals surface area contributed by atoms with Gasteiger partial charge < -0.3 is 16.8 Å². The van der Waals surface area contributed by atoms with E-state index in [-0.39, 0.29) is 17.1 Å². The van der Waals surface area contributed by atoms with Crippen LogP contribution < -0.4 is 22.5 Å². The lowest BCUT2D eigenvalue weighted by Crippen LogP contribution is -2.70. The van der Waals surface area contributed by atoms with Crippen molar-refractivity contribution in [3.8, 4) is 0 Å². The molecule has 0 aromatic rings. The van der Waals surface area contributed by atoms with Gasteiger partial charge in [0.05, 0.1) is 0 Å². The number of nitrogens with zero attached hydrogens (tertiary/aromatic N) is 3. The third-order valence-electron chi connectivity index (χ3n) is 2.98. The Bertz CT molecular complexity index is 429. The first kappa shape index (κ1) is 12.1. The summed E-state index contributed by atoms with van der Waals surface area (Å²) in [7, 11) is 0. The summed E-state index contributed by atoms with van der Waals surface area (Å²) in [6.45, 7) is 2.07. The Balaban J connectivity index is 2.46. The highest BCUT2D eigenvalue weighted by molar-refractivity contribution is 6.68. The van der Waals surface area contributed by atoms with Crippen LogP contribution in [-0.2, 0) is 0 Å². The van der Waals surface area contributed by atoms with Gasteiger partial charge in [-0.3, -0.25) is 5.73 Å². The van der Waals surface area contributed by atoms with Crippen molar-refractivity contribution >= 4 is 28.7 Å². The Morgan fingerprint density at radius 2 is 2.06 bits per heavy atom. The van der Waals surface area contributed by atoms with Crippen molar-refractivity contribution in [2.45, 2.75) is 37.5 Å². The van der Waals surface area contributed by atoms with Gasteiger partial charge in [-0.2, -0.15) is 0 Å². The zero-order chi connectivity index (χ0) is 12.7. The molecule has 0 aliphatic carbocycles. The molecule has 2 atom stereocenters. The van der Waals surface area contributed by atoms with Crippen molar-refractivity contribution in [3.05, 3.63) is 0 Å². The molecule has 94 valence electrons. The minimum Gasteiger partial charge on any atom is -0.370 e. The van der Waals surface area contributed by atoms with Crippen LogP contribution in [0.15, 0.2) is 15.0 Å². The van der Waals surface area contributed by atoms with Crippen LogP contribution in [0.4, 0.5) is 0 Å². The van der Waals surface area contributed by atoms with E-state index in [2.05, 4.69) is 27.2 Å². The van der Waals surface area contributed by atoms with Crippen LogP contribution in [0.25, 0.3) is 0 Å². The second-order valence-electron chi connectivity index (χ2n) is 4.22. The molecule has 7 nitrogen and oxygen atoms in total. The first-order valence-electron chi connectivity index (χ1n) is 5.46. The zero-order valence-electron chi connectivity index (χ0n) is 9.57. The topological polar surface area (TPSA) is 127 Å². The fourth-order valence-corrected chi connectivity index (χ4v) is 2.37. The average Bonchev–Trinajstić information content (AvgIpc) is 2.48. The van der Waals surface area contributed by atoms with Gasteiger partial charge in [0, 0.05) is 0 Å². The van der Waals surface area contributed by atoms with Gasteiger partial charge in [0.15, 0.2) is 22.5 Å². The Kier molecular flexibility index (Phi) is 2.75. The van der Waals surface area contributed by atoms with E-state index < -0.39 is 11.3 Å². The van der Waals surface area contributed by atoms with Gasteiger partial charge in [-0.25, -0.2) is 15.0 Å². The Labute approximate surface area is 104 Å². The molecule has 8 heteroatoms. The monoisotopic (exact) mass is 257 g/mol. The molecule has 0 aromatic carbocycles. The van der Waals surface area contributed by atoms with E-state index in [4.69, 9.17) is 28.8 Å². The number of nitrogens with two attached hydrogens (primary N) is 3. The van der Waals surface area contributed by atoms with Crippen molar-refractivity contribution in [1.82, 2.24) is 5.32 Å². The van der Waals surface area contributed by atoms with Crippen LogP contribution in [0, 0.1) is 0 Å². The predicted molar refractivity (Wildman–Crippen MR) is 68.8 cm³/mol. The van der Waals surface area contributed by atoms with Gasteiger partial charge in [0.1, 0.15) is 0 Å². The fraction of sp³-hybridized carbons (Fsp3) is 0.667. The minimum atomic E-state index is -1.18. The smallest absolute Gasteiger partial charge is 0.219 e. The summed E-state index contributed by atoms with van der Waals surface area (Å²) in [5.74, 6) is 0.280. The molecular weight excluding hydrogens is 242 g/mol. The molecule has 0 aromatic heterocycles. The van der Waals surface area contributed by atoms with Crippen LogP contribution in [0.3, 0.4) is 0 Å². The third kappa shape index (κ3) is 1.66. The number of aliphatic imine (C=N–C) groups is 3. The second kappa shape index (κ2) is 3.85. The first-order valence-corrected chi connectivity index (χ1v) is 5.84. The van der Waals surface area contributed by atoms with Gasteiger partial charge in [0.2, 0.25) is 5.96 Å². The summed E-state index contributed by atoms with van der Waals surface area (Å²) in [6.07, 6.45) is 2.48. The maximum atomic E-state index is 6.21. The second-order valence-corrected chi connectivity index (χ2v) is 4.58. The summed E-state index contributed by atoms with van der Waals surface area (Å²) < 4.78 is 0. The Hall–Kier alpha value is -1.34. The molecule has 0 radical (unpaired) electrons. The molecule has 2 unspecified atom stereocenters. The molecule has 0 saturated heterocycles. The molecule has 17 heavy (non-hydrogen) atoms. The van der Waals surface area contributed by atoms with E-state index in [0.29, 0.717) is 6.42 Å². The number of guanidine groups is 2. The van der Waals surface area contributed by atoms with E-state index >= 15 is 0 Å². The van der Waals surface area contributed by atoms with E-state index in [9.17, 15) is 0 Å². The highest BCUT2D eigenvalue weighted by atomic mass is 35.5. The Morgan fingerprint density at radius 1 is 1.35 bits per heavy atom. The van der Waals surface area contributed by atoms with E-state index in [0.717, 1.165) is 12.8 Å². The SMILES string of the molecule is CCCCC12N=C(N)N=C(Cl)C1(N)NC(N)=N2. The highest BCUT2D eigenvalue weighted by Gasteiger charge is 2.58. The van der Waals surface area contributed by atoms with Gasteiger partial charge in [-0.15, -0.1) is 0 Å². The summed E-state index contributed by atoms with van der Waals surface area (Å²) in [4.78, 5) is 12.4. The lowest BCUT2D eigenvalue weighted by molar-refractivity contribution is 0.285. The number of halogens is 1. The van der Waals surface area contributed by atoms with Crippen LogP contribution >= 0.6 is 11.6 Å². The lowest BCUT2D eigenvalue weighted by atomic mass is 9.90.